The fourth-order valence-corrected chi connectivity index (χ4v) is 1.34. The summed E-state index contributed by atoms with van der Waals surface area (Å²) in [6.45, 7) is 3.62. The summed E-state index contributed by atoms with van der Waals surface area (Å²) in [5.74, 6) is 0. The highest BCUT2D eigenvalue weighted by atomic mass is 35.5. The van der Waals surface area contributed by atoms with Gasteiger partial charge in [0.05, 0.1) is 6.10 Å². The minimum Gasteiger partial charge on any atom is -0.387 e. The molecule has 1 aromatic heterocycles. The van der Waals surface area contributed by atoms with E-state index in [2.05, 4.69) is 4.98 Å². The van der Waals surface area contributed by atoms with Gasteiger partial charge in [-0.15, -0.1) is 0 Å². The first-order chi connectivity index (χ1) is 6.02. The highest BCUT2D eigenvalue weighted by Crippen LogP contribution is 2.20. The van der Waals surface area contributed by atoms with E-state index < -0.39 is 6.10 Å². The van der Waals surface area contributed by atoms with Gasteiger partial charge in [-0.25, -0.2) is 4.98 Å². The molecule has 0 radical (unpaired) electrons. The van der Waals surface area contributed by atoms with Crippen molar-refractivity contribution in [2.24, 2.45) is 5.73 Å². The lowest BCUT2D eigenvalue weighted by atomic mass is 10.0. The molecule has 0 saturated heterocycles. The zero-order valence-corrected chi connectivity index (χ0v) is 8.42. The maximum Gasteiger partial charge on any atom is 0.129 e. The summed E-state index contributed by atoms with van der Waals surface area (Å²) in [6, 6.07) is 1.41. The van der Waals surface area contributed by atoms with Crippen molar-refractivity contribution >= 4 is 11.6 Å². The Bertz CT molecular complexity index is 302. The molecule has 0 aliphatic rings. The molecule has 1 rings (SSSR count). The number of aliphatic hydroxyl groups is 1. The number of pyridine rings is 1. The van der Waals surface area contributed by atoms with Crippen molar-refractivity contribution in [1.82, 2.24) is 4.98 Å². The van der Waals surface area contributed by atoms with Crippen LogP contribution in [0, 0.1) is 6.92 Å². The van der Waals surface area contributed by atoms with Crippen LogP contribution in [0.15, 0.2) is 12.3 Å². The molecule has 0 saturated carbocycles. The molecule has 0 amide bonds. The van der Waals surface area contributed by atoms with Gasteiger partial charge in [-0.3, -0.25) is 0 Å². The lowest BCUT2D eigenvalue weighted by Gasteiger charge is -2.16. The van der Waals surface area contributed by atoms with Crippen molar-refractivity contribution in [1.29, 1.82) is 0 Å². The number of nitrogens with zero attached hydrogens (tertiary/aromatic N) is 1. The number of hydrogen-bond acceptors (Lipinski definition) is 3. The Labute approximate surface area is 82.5 Å². The fourth-order valence-electron chi connectivity index (χ4n) is 1.13. The van der Waals surface area contributed by atoms with Gasteiger partial charge in [0.1, 0.15) is 5.15 Å². The van der Waals surface area contributed by atoms with Gasteiger partial charge < -0.3 is 10.8 Å². The van der Waals surface area contributed by atoms with Gasteiger partial charge in [-0.05, 0) is 25.5 Å². The normalized spacial score (nSPS) is 15.5. The maximum absolute atomic E-state index is 9.66. The number of aliphatic hydroxyl groups excluding tert-OH is 1. The van der Waals surface area contributed by atoms with E-state index in [0.29, 0.717) is 5.15 Å². The van der Waals surface area contributed by atoms with Gasteiger partial charge in [0, 0.05) is 17.8 Å². The average molecular weight is 201 g/mol. The number of halogens is 1. The molecule has 13 heavy (non-hydrogen) atoms. The second-order valence-corrected chi connectivity index (χ2v) is 3.55. The molecule has 0 aliphatic heterocycles. The van der Waals surface area contributed by atoms with Crippen LogP contribution in [0.4, 0.5) is 0 Å². The molecule has 0 unspecified atom stereocenters. The van der Waals surface area contributed by atoms with E-state index in [-0.39, 0.29) is 6.04 Å². The first-order valence-corrected chi connectivity index (χ1v) is 4.46. The number of aryl methyl sites for hydroxylation is 1. The smallest absolute Gasteiger partial charge is 0.129 e. The highest BCUT2D eigenvalue weighted by Gasteiger charge is 2.14. The Morgan fingerprint density at radius 3 is 2.69 bits per heavy atom. The minimum absolute atomic E-state index is 0.304. The summed E-state index contributed by atoms with van der Waals surface area (Å²) in [5, 5.41) is 10.1. The second kappa shape index (κ2) is 4.05. The van der Waals surface area contributed by atoms with E-state index in [1.165, 1.54) is 0 Å². The van der Waals surface area contributed by atoms with Crippen LogP contribution in [-0.2, 0) is 0 Å². The van der Waals surface area contributed by atoms with Crippen LogP contribution in [0.5, 0.6) is 0 Å². The quantitative estimate of drug-likeness (QED) is 0.710. The van der Waals surface area contributed by atoms with Crippen molar-refractivity contribution in [2.75, 3.05) is 0 Å². The third-order valence-corrected chi connectivity index (χ3v) is 2.14. The van der Waals surface area contributed by atoms with Gasteiger partial charge in [0.15, 0.2) is 0 Å². The summed E-state index contributed by atoms with van der Waals surface area (Å²) < 4.78 is 0. The molecule has 0 spiro atoms. The van der Waals surface area contributed by atoms with E-state index in [0.717, 1.165) is 11.1 Å². The lowest BCUT2D eigenvalue weighted by Crippen LogP contribution is -2.25. The maximum atomic E-state index is 9.66. The molecule has 1 heterocycles. The Morgan fingerprint density at radius 2 is 2.23 bits per heavy atom. The van der Waals surface area contributed by atoms with Crippen LogP contribution in [0.2, 0.25) is 5.15 Å². The van der Waals surface area contributed by atoms with Crippen molar-refractivity contribution in [3.05, 3.63) is 28.5 Å². The fraction of sp³-hybridized carbons (Fsp3) is 0.444. The summed E-state index contributed by atoms with van der Waals surface area (Å²) in [4.78, 5) is 3.89. The highest BCUT2D eigenvalue weighted by molar-refractivity contribution is 6.29. The van der Waals surface area contributed by atoms with Crippen LogP contribution < -0.4 is 5.73 Å². The van der Waals surface area contributed by atoms with E-state index in [1.807, 2.05) is 6.92 Å². The largest absolute Gasteiger partial charge is 0.387 e. The van der Waals surface area contributed by atoms with Gasteiger partial charge in [0.25, 0.3) is 0 Å². The molecule has 72 valence electrons. The zero-order chi connectivity index (χ0) is 10.0. The lowest BCUT2D eigenvalue weighted by molar-refractivity contribution is 0.152. The molecule has 4 heteroatoms. The molecule has 1 aromatic rings. The number of hydrogen-bond donors (Lipinski definition) is 2. The summed E-state index contributed by atoms with van der Waals surface area (Å²) in [7, 11) is 0. The molecular weight excluding hydrogens is 188 g/mol. The van der Waals surface area contributed by atoms with E-state index >= 15 is 0 Å². The van der Waals surface area contributed by atoms with Crippen LogP contribution in [-0.4, -0.2) is 16.1 Å². The molecule has 0 aromatic carbocycles. The molecule has 0 aliphatic carbocycles. The Morgan fingerprint density at radius 1 is 1.62 bits per heavy atom. The van der Waals surface area contributed by atoms with Crippen LogP contribution >= 0.6 is 11.6 Å². The van der Waals surface area contributed by atoms with Gasteiger partial charge in [-0.1, -0.05) is 11.6 Å². The van der Waals surface area contributed by atoms with E-state index in [1.54, 1.807) is 19.2 Å². The minimum atomic E-state index is -0.676. The third kappa shape index (κ3) is 2.40. The van der Waals surface area contributed by atoms with E-state index in [4.69, 9.17) is 17.3 Å². The average Bonchev–Trinajstić information content (AvgIpc) is 2.03. The Hall–Kier alpha value is -0.640. The molecule has 3 nitrogen and oxygen atoms in total. The topological polar surface area (TPSA) is 59.1 Å². The Kier molecular flexibility index (Phi) is 3.25. The predicted molar refractivity (Wildman–Crippen MR) is 52.6 cm³/mol. The van der Waals surface area contributed by atoms with E-state index in [9.17, 15) is 5.11 Å². The first-order valence-electron chi connectivity index (χ1n) is 4.08. The van der Waals surface area contributed by atoms with Gasteiger partial charge in [-0.2, -0.15) is 0 Å². The predicted octanol–water partition coefficient (Wildman–Crippen LogP) is 1.42. The monoisotopic (exact) mass is 200 g/mol. The molecule has 2 atom stereocenters. The first kappa shape index (κ1) is 10.4. The zero-order valence-electron chi connectivity index (χ0n) is 7.66. The number of nitrogens with two attached hydrogens (primary N) is 1. The second-order valence-electron chi connectivity index (χ2n) is 3.17. The van der Waals surface area contributed by atoms with Crippen molar-refractivity contribution in [2.45, 2.75) is 26.0 Å². The summed E-state index contributed by atoms with van der Waals surface area (Å²) in [5.41, 5.74) is 7.21. The van der Waals surface area contributed by atoms with Gasteiger partial charge in [0.2, 0.25) is 0 Å². The van der Waals surface area contributed by atoms with Crippen molar-refractivity contribution < 1.29 is 5.11 Å². The van der Waals surface area contributed by atoms with Crippen LogP contribution in [0.25, 0.3) is 0 Å². The molecule has 3 N–H and O–H groups in total. The summed E-state index contributed by atoms with van der Waals surface area (Å²) >= 11 is 5.68. The van der Waals surface area contributed by atoms with Crippen LogP contribution in [0.3, 0.4) is 0 Å². The third-order valence-electron chi connectivity index (χ3n) is 1.93. The number of aromatic nitrogens is 1. The number of rotatable bonds is 2. The van der Waals surface area contributed by atoms with Crippen LogP contribution in [0.1, 0.15) is 24.2 Å². The van der Waals surface area contributed by atoms with Crippen molar-refractivity contribution in [3.8, 4) is 0 Å². The summed E-state index contributed by atoms with van der Waals surface area (Å²) in [6.07, 6.45) is 0.885. The Balaban J connectivity index is 3.01. The molecular formula is C9H13ClN2O. The standard InChI is InChI=1S/C9H13ClN2O/c1-5-3-8(10)12-4-7(5)9(13)6(2)11/h3-4,6,9,13H,11H2,1-2H3/t6-,9-/m1/s1. The SMILES string of the molecule is Cc1cc(Cl)ncc1[C@H](O)[C@@H](C)N. The van der Waals surface area contributed by atoms with Crippen molar-refractivity contribution in [3.63, 3.8) is 0 Å². The van der Waals surface area contributed by atoms with Gasteiger partial charge >= 0.3 is 0 Å². The molecule has 0 fully saturated rings. The molecule has 0 bridgehead atoms.